The van der Waals surface area contributed by atoms with E-state index in [1.807, 2.05) is 49.4 Å². The fourth-order valence-corrected chi connectivity index (χ4v) is 4.43. The van der Waals surface area contributed by atoms with Crippen LogP contribution in [0, 0.1) is 0 Å². The Morgan fingerprint density at radius 3 is 2.42 bits per heavy atom. The number of fused-ring (bicyclic) bond motifs is 1. The molecule has 0 aromatic heterocycles. The van der Waals surface area contributed by atoms with Crippen molar-refractivity contribution in [3.05, 3.63) is 107 Å². The molecule has 1 amide bonds. The average molecular weight is 485 g/mol. The van der Waals surface area contributed by atoms with Crippen LogP contribution < -0.4 is 10.6 Å². The number of phenolic OH excluding ortho intramolecular Hbond substituents is 2. The van der Waals surface area contributed by atoms with Crippen LogP contribution in [0.3, 0.4) is 0 Å². The summed E-state index contributed by atoms with van der Waals surface area (Å²) in [5.74, 6) is -0.287. The summed E-state index contributed by atoms with van der Waals surface area (Å²) in [5.41, 5.74) is 3.29. The molecule has 186 valence electrons. The van der Waals surface area contributed by atoms with E-state index in [1.165, 1.54) is 34.5 Å². The van der Waals surface area contributed by atoms with Crippen molar-refractivity contribution in [3.8, 4) is 11.5 Å². The molecule has 6 heteroatoms. The minimum absolute atomic E-state index is 0.0372. The molecule has 0 spiro atoms. The third-order valence-electron chi connectivity index (χ3n) is 6.26. The van der Waals surface area contributed by atoms with E-state index >= 15 is 0 Å². The standard InChI is InChI=1S/C30H32N2O4/c1-20(32-19-29(35)25-16-26(33)18-27(34)17-25)14-21-6-4-10-24(15-21)30(36)31-13-12-23-9-5-8-22-7-2-3-11-28(22)23/h2-11,15-18,20,29,32-35H,12-14,19H2,1H3,(H,31,36). The molecule has 4 aromatic carbocycles. The highest BCUT2D eigenvalue weighted by atomic mass is 16.3. The van der Waals surface area contributed by atoms with E-state index in [0.717, 1.165) is 12.0 Å². The molecule has 0 aliphatic rings. The van der Waals surface area contributed by atoms with Crippen LogP contribution in [0.4, 0.5) is 0 Å². The Kier molecular flexibility index (Phi) is 8.21. The Hall–Kier alpha value is -3.87. The normalized spacial score (nSPS) is 12.8. The Morgan fingerprint density at radius 1 is 0.889 bits per heavy atom. The maximum atomic E-state index is 12.8. The van der Waals surface area contributed by atoms with Crippen molar-refractivity contribution in [2.45, 2.75) is 31.9 Å². The zero-order chi connectivity index (χ0) is 25.5. The van der Waals surface area contributed by atoms with Gasteiger partial charge in [0.15, 0.2) is 0 Å². The summed E-state index contributed by atoms with van der Waals surface area (Å²) in [6, 6.07) is 26.2. The molecule has 2 atom stereocenters. The lowest BCUT2D eigenvalue weighted by Crippen LogP contribution is -2.32. The second-order valence-corrected chi connectivity index (χ2v) is 9.16. The lowest BCUT2D eigenvalue weighted by molar-refractivity contribution is 0.0954. The monoisotopic (exact) mass is 484 g/mol. The molecule has 0 heterocycles. The van der Waals surface area contributed by atoms with E-state index in [0.29, 0.717) is 24.1 Å². The number of aliphatic hydroxyl groups excluding tert-OH is 1. The third kappa shape index (κ3) is 6.62. The maximum Gasteiger partial charge on any atom is 0.251 e. The first kappa shape index (κ1) is 25.2. The molecular formula is C30H32N2O4. The first-order valence-corrected chi connectivity index (χ1v) is 12.2. The fourth-order valence-electron chi connectivity index (χ4n) is 4.43. The van der Waals surface area contributed by atoms with Crippen molar-refractivity contribution in [2.24, 2.45) is 0 Å². The molecule has 6 nitrogen and oxygen atoms in total. The van der Waals surface area contributed by atoms with E-state index in [4.69, 9.17) is 0 Å². The summed E-state index contributed by atoms with van der Waals surface area (Å²) in [6.07, 6.45) is 0.562. The molecule has 2 unspecified atom stereocenters. The molecule has 5 N–H and O–H groups in total. The van der Waals surface area contributed by atoms with E-state index in [1.54, 1.807) is 0 Å². The zero-order valence-corrected chi connectivity index (χ0v) is 20.3. The Labute approximate surface area is 211 Å². The zero-order valence-electron chi connectivity index (χ0n) is 20.3. The first-order chi connectivity index (χ1) is 17.4. The van der Waals surface area contributed by atoms with Gasteiger partial charge < -0.3 is 26.0 Å². The van der Waals surface area contributed by atoms with Crippen LogP contribution in [0.15, 0.2) is 84.9 Å². The quantitative estimate of drug-likeness (QED) is 0.229. The van der Waals surface area contributed by atoms with Crippen molar-refractivity contribution < 1.29 is 20.1 Å². The second kappa shape index (κ2) is 11.7. The molecule has 0 saturated heterocycles. The minimum Gasteiger partial charge on any atom is -0.508 e. The molecule has 4 rings (SSSR count). The summed E-state index contributed by atoms with van der Waals surface area (Å²) in [7, 11) is 0. The van der Waals surface area contributed by atoms with Crippen molar-refractivity contribution in [1.29, 1.82) is 0 Å². The smallest absolute Gasteiger partial charge is 0.251 e. The van der Waals surface area contributed by atoms with Gasteiger partial charge in [-0.1, -0.05) is 54.6 Å². The second-order valence-electron chi connectivity index (χ2n) is 9.16. The molecular weight excluding hydrogens is 452 g/mol. The molecule has 0 fully saturated rings. The number of phenols is 2. The predicted octanol–water partition coefficient (Wildman–Crippen LogP) is 4.48. The van der Waals surface area contributed by atoms with Gasteiger partial charge in [0.2, 0.25) is 0 Å². The van der Waals surface area contributed by atoms with Crippen LogP contribution in [0.25, 0.3) is 10.8 Å². The van der Waals surface area contributed by atoms with Crippen molar-refractivity contribution in [3.63, 3.8) is 0 Å². The average Bonchev–Trinajstić information content (AvgIpc) is 2.87. The van der Waals surface area contributed by atoms with Crippen LogP contribution in [-0.4, -0.2) is 40.4 Å². The van der Waals surface area contributed by atoms with E-state index in [2.05, 4.69) is 34.9 Å². The lowest BCUT2D eigenvalue weighted by atomic mass is 10.0. The third-order valence-corrected chi connectivity index (χ3v) is 6.26. The van der Waals surface area contributed by atoms with E-state index in [9.17, 15) is 20.1 Å². The number of aliphatic hydroxyl groups is 1. The molecule has 0 aliphatic heterocycles. The van der Waals surface area contributed by atoms with Crippen molar-refractivity contribution in [2.75, 3.05) is 13.1 Å². The van der Waals surface area contributed by atoms with Gasteiger partial charge in [0.05, 0.1) is 6.10 Å². The van der Waals surface area contributed by atoms with Gasteiger partial charge >= 0.3 is 0 Å². The summed E-state index contributed by atoms with van der Waals surface area (Å²) < 4.78 is 0. The maximum absolute atomic E-state index is 12.8. The number of carbonyl (C=O) groups is 1. The highest BCUT2D eigenvalue weighted by molar-refractivity contribution is 5.94. The largest absolute Gasteiger partial charge is 0.508 e. The fraction of sp³-hybridized carbons (Fsp3) is 0.233. The highest BCUT2D eigenvalue weighted by Crippen LogP contribution is 2.24. The van der Waals surface area contributed by atoms with Gasteiger partial charge in [0.25, 0.3) is 5.91 Å². The summed E-state index contributed by atoms with van der Waals surface area (Å²) in [5, 5.41) is 38.3. The van der Waals surface area contributed by atoms with Gasteiger partial charge in [-0.25, -0.2) is 0 Å². The summed E-state index contributed by atoms with van der Waals surface area (Å²) in [4.78, 5) is 12.8. The number of benzene rings is 4. The van der Waals surface area contributed by atoms with Gasteiger partial charge in [-0.15, -0.1) is 0 Å². The van der Waals surface area contributed by atoms with Gasteiger partial charge in [0, 0.05) is 30.8 Å². The highest BCUT2D eigenvalue weighted by Gasteiger charge is 2.13. The van der Waals surface area contributed by atoms with Crippen LogP contribution in [0.1, 0.15) is 40.1 Å². The number of rotatable bonds is 10. The van der Waals surface area contributed by atoms with Crippen LogP contribution in [-0.2, 0) is 12.8 Å². The molecule has 0 saturated carbocycles. The molecule has 0 radical (unpaired) electrons. The van der Waals surface area contributed by atoms with Gasteiger partial charge in [-0.2, -0.15) is 0 Å². The minimum atomic E-state index is -0.871. The Balaban J connectivity index is 1.28. The number of carbonyl (C=O) groups excluding carboxylic acids is 1. The summed E-state index contributed by atoms with van der Waals surface area (Å²) >= 11 is 0. The number of hydrogen-bond acceptors (Lipinski definition) is 5. The van der Waals surface area contributed by atoms with E-state index < -0.39 is 6.10 Å². The van der Waals surface area contributed by atoms with Crippen LogP contribution in [0.5, 0.6) is 11.5 Å². The van der Waals surface area contributed by atoms with Crippen LogP contribution in [0.2, 0.25) is 0 Å². The predicted molar refractivity (Wildman–Crippen MR) is 142 cm³/mol. The Morgan fingerprint density at radius 2 is 1.61 bits per heavy atom. The Bertz CT molecular complexity index is 1310. The van der Waals surface area contributed by atoms with Crippen LogP contribution >= 0.6 is 0 Å². The molecule has 0 bridgehead atoms. The number of hydrogen-bond donors (Lipinski definition) is 5. The van der Waals surface area contributed by atoms with Crippen molar-refractivity contribution >= 4 is 16.7 Å². The lowest BCUT2D eigenvalue weighted by Gasteiger charge is -2.18. The van der Waals surface area contributed by atoms with E-state index in [-0.39, 0.29) is 30.0 Å². The summed E-state index contributed by atoms with van der Waals surface area (Å²) in [6.45, 7) is 2.82. The first-order valence-electron chi connectivity index (χ1n) is 12.2. The van der Waals surface area contributed by atoms with Gasteiger partial charge in [-0.3, -0.25) is 4.79 Å². The molecule has 4 aromatic rings. The number of aromatic hydroxyl groups is 2. The topological polar surface area (TPSA) is 102 Å². The van der Waals surface area contributed by atoms with Gasteiger partial charge in [0.1, 0.15) is 11.5 Å². The molecule has 36 heavy (non-hydrogen) atoms. The van der Waals surface area contributed by atoms with Gasteiger partial charge in [-0.05, 0) is 71.5 Å². The number of nitrogens with one attached hydrogen (secondary N) is 2. The van der Waals surface area contributed by atoms with Crippen molar-refractivity contribution in [1.82, 2.24) is 10.6 Å². The SMILES string of the molecule is CC(Cc1cccc(C(=O)NCCc2cccc3ccccc23)c1)NCC(O)c1cc(O)cc(O)c1. The molecule has 0 aliphatic carbocycles. The number of amides is 1.